The fraction of sp³-hybridized carbons (Fsp3) is 0.444. The first-order chi connectivity index (χ1) is 12.0. The van der Waals surface area contributed by atoms with Gasteiger partial charge in [-0.3, -0.25) is 9.59 Å². The van der Waals surface area contributed by atoms with Gasteiger partial charge in [0.15, 0.2) is 0 Å². The van der Waals surface area contributed by atoms with Crippen LogP contribution in [0.25, 0.3) is 0 Å². The molecule has 132 valence electrons. The van der Waals surface area contributed by atoms with Crippen LogP contribution in [-0.2, 0) is 11.3 Å². The highest BCUT2D eigenvalue weighted by atomic mass is 16.2. The molecular formula is C18H23N5O2. The van der Waals surface area contributed by atoms with Gasteiger partial charge in [-0.25, -0.2) is 9.67 Å². The number of anilines is 1. The zero-order valence-electron chi connectivity index (χ0n) is 14.9. The van der Waals surface area contributed by atoms with Crippen LogP contribution in [0.4, 0.5) is 5.82 Å². The zero-order valence-corrected chi connectivity index (χ0v) is 14.9. The Kier molecular flexibility index (Phi) is 4.83. The van der Waals surface area contributed by atoms with E-state index in [0.29, 0.717) is 13.1 Å². The summed E-state index contributed by atoms with van der Waals surface area (Å²) in [7, 11) is 0. The van der Waals surface area contributed by atoms with E-state index in [0.717, 1.165) is 35.7 Å². The van der Waals surface area contributed by atoms with Crippen LogP contribution in [0.1, 0.15) is 16.8 Å². The maximum Gasteiger partial charge on any atom is 0.267 e. The summed E-state index contributed by atoms with van der Waals surface area (Å²) in [5, 5.41) is 4.22. The van der Waals surface area contributed by atoms with Crippen LogP contribution < -0.4 is 10.5 Å². The second kappa shape index (κ2) is 7.04. The van der Waals surface area contributed by atoms with Crippen LogP contribution in [0.3, 0.4) is 0 Å². The molecule has 1 amide bonds. The molecule has 0 radical (unpaired) electrons. The summed E-state index contributed by atoms with van der Waals surface area (Å²) in [5.74, 6) is 0.900. The molecule has 7 nitrogen and oxygen atoms in total. The van der Waals surface area contributed by atoms with Crippen molar-refractivity contribution in [1.29, 1.82) is 0 Å². The molecule has 7 heteroatoms. The second-order valence-corrected chi connectivity index (χ2v) is 6.42. The van der Waals surface area contributed by atoms with Crippen molar-refractivity contribution in [1.82, 2.24) is 19.7 Å². The Balaban J connectivity index is 1.63. The minimum absolute atomic E-state index is 0.0113. The Hall–Kier alpha value is -2.70. The van der Waals surface area contributed by atoms with Crippen molar-refractivity contribution >= 4 is 11.7 Å². The third-order valence-electron chi connectivity index (χ3n) is 4.63. The lowest BCUT2D eigenvalue weighted by Crippen LogP contribution is -2.50. The van der Waals surface area contributed by atoms with E-state index < -0.39 is 0 Å². The van der Waals surface area contributed by atoms with Crippen molar-refractivity contribution in [3.63, 3.8) is 0 Å². The average Bonchev–Trinajstić information content (AvgIpc) is 2.60. The van der Waals surface area contributed by atoms with Gasteiger partial charge >= 0.3 is 0 Å². The molecular weight excluding hydrogens is 318 g/mol. The Morgan fingerprint density at radius 2 is 1.84 bits per heavy atom. The van der Waals surface area contributed by atoms with Crippen molar-refractivity contribution in [2.75, 3.05) is 31.1 Å². The summed E-state index contributed by atoms with van der Waals surface area (Å²) in [4.78, 5) is 32.9. The van der Waals surface area contributed by atoms with E-state index in [1.54, 1.807) is 11.1 Å². The molecule has 0 spiro atoms. The lowest BCUT2D eigenvalue weighted by atomic mass is 10.2. The second-order valence-electron chi connectivity index (χ2n) is 6.42. The van der Waals surface area contributed by atoms with Gasteiger partial charge in [0.05, 0.1) is 5.69 Å². The van der Waals surface area contributed by atoms with Crippen molar-refractivity contribution in [2.45, 2.75) is 27.3 Å². The van der Waals surface area contributed by atoms with Crippen molar-refractivity contribution in [2.24, 2.45) is 0 Å². The molecule has 0 atom stereocenters. The number of pyridine rings is 1. The number of piperazine rings is 1. The maximum atomic E-state index is 12.5. The van der Waals surface area contributed by atoms with Gasteiger partial charge in [0.2, 0.25) is 5.91 Å². The maximum absolute atomic E-state index is 12.5. The van der Waals surface area contributed by atoms with Crippen LogP contribution in [0.5, 0.6) is 0 Å². The Bertz CT molecular complexity index is 838. The summed E-state index contributed by atoms with van der Waals surface area (Å²) in [5.41, 5.74) is 2.50. The predicted molar refractivity (Wildman–Crippen MR) is 95.7 cm³/mol. The summed E-state index contributed by atoms with van der Waals surface area (Å²) >= 11 is 0. The molecule has 2 aromatic rings. The molecule has 1 fully saturated rings. The fourth-order valence-electron chi connectivity index (χ4n) is 2.99. The van der Waals surface area contributed by atoms with Gasteiger partial charge in [0.1, 0.15) is 12.4 Å². The van der Waals surface area contributed by atoms with E-state index in [2.05, 4.69) is 15.0 Å². The number of amides is 1. The van der Waals surface area contributed by atoms with E-state index in [1.165, 1.54) is 10.7 Å². The first-order valence-corrected chi connectivity index (χ1v) is 8.45. The third kappa shape index (κ3) is 3.70. The van der Waals surface area contributed by atoms with Gasteiger partial charge in [0, 0.05) is 38.4 Å². The predicted octanol–water partition coefficient (Wildman–Crippen LogP) is 0.912. The largest absolute Gasteiger partial charge is 0.353 e. The SMILES string of the molecule is Cc1cc(=O)n(CC(=O)N2CCN(c3ncccc3C)CC2)nc1C. The highest BCUT2D eigenvalue weighted by Crippen LogP contribution is 2.17. The number of hydrogen-bond donors (Lipinski definition) is 0. The number of hydrogen-bond acceptors (Lipinski definition) is 5. The molecule has 0 N–H and O–H groups in total. The van der Waals surface area contributed by atoms with Crippen LogP contribution >= 0.6 is 0 Å². The Morgan fingerprint density at radius 3 is 2.52 bits per heavy atom. The van der Waals surface area contributed by atoms with Crippen molar-refractivity contribution < 1.29 is 4.79 Å². The van der Waals surface area contributed by atoms with Gasteiger partial charge < -0.3 is 9.80 Å². The molecule has 3 heterocycles. The Labute approximate surface area is 146 Å². The minimum atomic E-state index is -0.237. The summed E-state index contributed by atoms with van der Waals surface area (Å²) < 4.78 is 1.25. The van der Waals surface area contributed by atoms with Gasteiger partial charge in [-0.15, -0.1) is 0 Å². The molecule has 25 heavy (non-hydrogen) atoms. The van der Waals surface area contributed by atoms with E-state index in [-0.39, 0.29) is 18.0 Å². The molecule has 3 rings (SSSR count). The van der Waals surface area contributed by atoms with E-state index >= 15 is 0 Å². The molecule has 0 unspecified atom stereocenters. The van der Waals surface area contributed by atoms with Crippen molar-refractivity contribution in [3.05, 3.63) is 51.6 Å². The van der Waals surface area contributed by atoms with E-state index in [9.17, 15) is 9.59 Å². The first kappa shape index (κ1) is 17.1. The average molecular weight is 341 g/mol. The number of nitrogens with zero attached hydrogens (tertiary/aromatic N) is 5. The Morgan fingerprint density at radius 1 is 1.12 bits per heavy atom. The van der Waals surface area contributed by atoms with Crippen molar-refractivity contribution in [3.8, 4) is 0 Å². The smallest absolute Gasteiger partial charge is 0.267 e. The summed E-state index contributed by atoms with van der Waals surface area (Å²) in [6.45, 7) is 8.42. The molecule has 2 aromatic heterocycles. The monoisotopic (exact) mass is 341 g/mol. The number of aryl methyl sites for hydroxylation is 3. The highest BCUT2D eigenvalue weighted by Gasteiger charge is 2.23. The molecule has 0 bridgehead atoms. The van der Waals surface area contributed by atoms with Crippen LogP contribution in [0.2, 0.25) is 0 Å². The molecule has 0 aromatic carbocycles. The molecule has 1 aliphatic rings. The van der Waals surface area contributed by atoms with Gasteiger partial charge in [-0.1, -0.05) is 6.07 Å². The molecule has 1 aliphatic heterocycles. The van der Waals surface area contributed by atoms with Gasteiger partial charge in [-0.2, -0.15) is 5.10 Å². The summed E-state index contributed by atoms with van der Waals surface area (Å²) in [6.07, 6.45) is 1.79. The van der Waals surface area contributed by atoms with Crippen LogP contribution in [-0.4, -0.2) is 51.8 Å². The third-order valence-corrected chi connectivity index (χ3v) is 4.63. The van der Waals surface area contributed by atoms with E-state index in [4.69, 9.17) is 0 Å². The number of rotatable bonds is 3. The minimum Gasteiger partial charge on any atom is -0.353 e. The van der Waals surface area contributed by atoms with Gasteiger partial charge in [0.25, 0.3) is 5.56 Å². The highest BCUT2D eigenvalue weighted by molar-refractivity contribution is 5.76. The molecule has 1 saturated heterocycles. The normalized spacial score (nSPS) is 14.7. The lowest BCUT2D eigenvalue weighted by molar-refractivity contribution is -0.132. The topological polar surface area (TPSA) is 71.3 Å². The number of aromatic nitrogens is 3. The van der Waals surface area contributed by atoms with E-state index in [1.807, 2.05) is 32.9 Å². The quantitative estimate of drug-likeness (QED) is 0.830. The zero-order chi connectivity index (χ0) is 18.0. The number of carbonyl (C=O) groups is 1. The van der Waals surface area contributed by atoms with Crippen LogP contribution in [0.15, 0.2) is 29.2 Å². The lowest BCUT2D eigenvalue weighted by Gasteiger charge is -2.36. The fourth-order valence-corrected chi connectivity index (χ4v) is 2.99. The van der Waals surface area contributed by atoms with Gasteiger partial charge in [-0.05, 0) is 38.0 Å². The molecule has 0 saturated carbocycles. The first-order valence-electron chi connectivity index (χ1n) is 8.45. The number of carbonyl (C=O) groups excluding carboxylic acids is 1. The summed E-state index contributed by atoms with van der Waals surface area (Å²) in [6, 6.07) is 5.49. The standard InChI is InChI=1S/C18H23N5O2/c1-13-5-4-6-19-18(13)22-9-7-21(8-10-22)17(25)12-23-16(24)11-14(2)15(3)20-23/h4-6,11H,7-10,12H2,1-3H3. The molecule has 0 aliphatic carbocycles. The van der Waals surface area contributed by atoms with Crippen LogP contribution in [0, 0.1) is 20.8 Å².